The summed E-state index contributed by atoms with van der Waals surface area (Å²) in [5, 5.41) is 0.583. The molecule has 7 nitrogen and oxygen atoms in total. The number of hydrogen-bond donors (Lipinski definition) is 3. The molecule has 0 saturated heterocycles. The van der Waals surface area contributed by atoms with Gasteiger partial charge in [-0.15, -0.1) is 0 Å². The SMILES string of the molecule is NC(=O)c1[nH]c2ncc(NS(=O)(=O)c3ccc(-c4ccccc4)cc3)cc2c1-c1ccccc1. The van der Waals surface area contributed by atoms with Crippen molar-refractivity contribution in [3.63, 3.8) is 0 Å². The van der Waals surface area contributed by atoms with Crippen molar-refractivity contribution in [1.29, 1.82) is 0 Å². The highest BCUT2D eigenvalue weighted by molar-refractivity contribution is 7.92. The number of H-pyrrole nitrogens is 1. The van der Waals surface area contributed by atoms with Crippen LogP contribution in [0.3, 0.4) is 0 Å². The average molecular weight is 469 g/mol. The molecule has 0 radical (unpaired) electrons. The van der Waals surface area contributed by atoms with E-state index in [2.05, 4.69) is 14.7 Å². The lowest BCUT2D eigenvalue weighted by atomic mass is 10.0. The minimum atomic E-state index is -3.86. The largest absolute Gasteiger partial charge is 0.364 e. The third kappa shape index (κ3) is 4.02. The van der Waals surface area contributed by atoms with Crippen LogP contribution >= 0.6 is 0 Å². The van der Waals surface area contributed by atoms with Crippen LogP contribution in [-0.2, 0) is 10.0 Å². The molecule has 0 aliphatic heterocycles. The Bertz CT molecular complexity index is 1600. The van der Waals surface area contributed by atoms with Crippen LogP contribution in [0.4, 0.5) is 5.69 Å². The topological polar surface area (TPSA) is 118 Å². The van der Waals surface area contributed by atoms with Crippen LogP contribution in [0.25, 0.3) is 33.3 Å². The smallest absolute Gasteiger partial charge is 0.265 e. The molecule has 168 valence electrons. The molecule has 34 heavy (non-hydrogen) atoms. The number of amides is 1. The monoisotopic (exact) mass is 468 g/mol. The van der Waals surface area contributed by atoms with Crippen molar-refractivity contribution in [3.05, 3.63) is 103 Å². The quantitative estimate of drug-likeness (QED) is 0.332. The molecule has 0 aliphatic rings. The second-order valence-electron chi connectivity index (χ2n) is 7.72. The zero-order valence-electron chi connectivity index (χ0n) is 17.9. The Morgan fingerprint density at radius 1 is 0.824 bits per heavy atom. The lowest BCUT2D eigenvalue weighted by Gasteiger charge is -2.09. The summed E-state index contributed by atoms with van der Waals surface area (Å²) in [5.74, 6) is -0.627. The number of primary amides is 1. The predicted molar refractivity (Wildman–Crippen MR) is 133 cm³/mol. The van der Waals surface area contributed by atoms with Crippen molar-refractivity contribution in [1.82, 2.24) is 9.97 Å². The summed E-state index contributed by atoms with van der Waals surface area (Å²) in [6.45, 7) is 0. The molecular formula is C26H20N4O3S. The molecule has 5 rings (SSSR count). The molecular weight excluding hydrogens is 448 g/mol. The van der Waals surface area contributed by atoms with Crippen molar-refractivity contribution in [2.24, 2.45) is 5.73 Å². The Labute approximate surface area is 196 Å². The fourth-order valence-electron chi connectivity index (χ4n) is 3.89. The molecule has 1 amide bonds. The van der Waals surface area contributed by atoms with Gasteiger partial charge in [0, 0.05) is 10.9 Å². The van der Waals surface area contributed by atoms with Gasteiger partial charge in [-0.2, -0.15) is 0 Å². The van der Waals surface area contributed by atoms with Crippen molar-refractivity contribution in [3.8, 4) is 22.3 Å². The number of carbonyl (C=O) groups excluding carboxylic acids is 1. The number of nitrogens with zero attached hydrogens (tertiary/aromatic N) is 1. The maximum absolute atomic E-state index is 13.0. The Morgan fingerprint density at radius 2 is 1.41 bits per heavy atom. The van der Waals surface area contributed by atoms with Crippen molar-refractivity contribution >= 4 is 32.7 Å². The number of sulfonamides is 1. The number of carbonyl (C=O) groups is 1. The number of rotatable bonds is 6. The average Bonchev–Trinajstić information content (AvgIpc) is 3.24. The number of benzene rings is 3. The van der Waals surface area contributed by atoms with Gasteiger partial charge in [-0.05, 0) is 34.9 Å². The van der Waals surface area contributed by atoms with Gasteiger partial charge in [-0.3, -0.25) is 9.52 Å². The number of hydrogen-bond acceptors (Lipinski definition) is 4. The third-order valence-electron chi connectivity index (χ3n) is 5.48. The Balaban J connectivity index is 1.51. The Morgan fingerprint density at radius 3 is 2.03 bits per heavy atom. The molecule has 5 aromatic rings. The van der Waals surface area contributed by atoms with E-state index in [1.54, 1.807) is 30.3 Å². The van der Waals surface area contributed by atoms with Gasteiger partial charge in [-0.25, -0.2) is 13.4 Å². The molecule has 0 fully saturated rings. The Hall–Kier alpha value is -4.43. The highest BCUT2D eigenvalue weighted by Gasteiger charge is 2.20. The van der Waals surface area contributed by atoms with Crippen LogP contribution < -0.4 is 10.5 Å². The lowest BCUT2D eigenvalue weighted by molar-refractivity contribution is 0.0997. The molecule has 0 atom stereocenters. The highest BCUT2D eigenvalue weighted by Crippen LogP contribution is 2.33. The maximum atomic E-state index is 13.0. The van der Waals surface area contributed by atoms with Gasteiger partial charge in [0.25, 0.3) is 15.9 Å². The van der Waals surface area contributed by atoms with Crippen LogP contribution in [0.5, 0.6) is 0 Å². The summed E-state index contributed by atoms with van der Waals surface area (Å²) in [4.78, 5) is 19.4. The lowest BCUT2D eigenvalue weighted by Crippen LogP contribution is -2.13. The molecule has 2 heterocycles. The van der Waals surface area contributed by atoms with E-state index in [-0.39, 0.29) is 16.3 Å². The third-order valence-corrected chi connectivity index (χ3v) is 6.88. The molecule has 4 N–H and O–H groups in total. The van der Waals surface area contributed by atoms with E-state index in [0.29, 0.717) is 16.6 Å². The van der Waals surface area contributed by atoms with Gasteiger partial charge >= 0.3 is 0 Å². The Kier molecular flexibility index (Phi) is 5.35. The number of nitrogens with two attached hydrogens (primary N) is 1. The fourth-order valence-corrected chi connectivity index (χ4v) is 4.92. The summed E-state index contributed by atoms with van der Waals surface area (Å²) in [6, 6.07) is 27.3. The second kappa shape index (κ2) is 8.49. The molecule has 0 aliphatic carbocycles. The summed E-state index contributed by atoms with van der Waals surface area (Å²) in [6.07, 6.45) is 1.40. The number of nitrogens with one attached hydrogen (secondary N) is 2. The number of anilines is 1. The number of aromatic nitrogens is 2. The van der Waals surface area contributed by atoms with E-state index < -0.39 is 15.9 Å². The van der Waals surface area contributed by atoms with Gasteiger partial charge in [-0.1, -0.05) is 72.8 Å². The van der Waals surface area contributed by atoms with Crippen LogP contribution in [0.2, 0.25) is 0 Å². The van der Waals surface area contributed by atoms with E-state index in [4.69, 9.17) is 5.73 Å². The second-order valence-corrected chi connectivity index (χ2v) is 9.40. The minimum absolute atomic E-state index is 0.127. The van der Waals surface area contributed by atoms with Crippen molar-refractivity contribution < 1.29 is 13.2 Å². The summed E-state index contributed by atoms with van der Waals surface area (Å²) >= 11 is 0. The van der Waals surface area contributed by atoms with E-state index >= 15 is 0 Å². The summed E-state index contributed by atoms with van der Waals surface area (Å²) in [7, 11) is -3.86. The van der Waals surface area contributed by atoms with Crippen LogP contribution in [0.15, 0.2) is 102 Å². The van der Waals surface area contributed by atoms with E-state index in [1.807, 2.05) is 60.7 Å². The molecule has 0 bridgehead atoms. The zero-order valence-corrected chi connectivity index (χ0v) is 18.7. The standard InChI is InChI=1S/C26H20N4O3S/c27-25(31)24-23(19-9-5-2-6-10-19)22-15-20(16-28-26(22)29-24)30-34(32,33)21-13-11-18(12-14-21)17-7-3-1-4-8-17/h1-16,30H,(H2,27,31)(H,28,29). The van der Waals surface area contributed by atoms with Gasteiger partial charge in [0.05, 0.1) is 16.8 Å². The summed E-state index contributed by atoms with van der Waals surface area (Å²) < 4.78 is 28.6. The van der Waals surface area contributed by atoms with Gasteiger partial charge in [0.1, 0.15) is 11.3 Å². The molecule has 2 aromatic heterocycles. The molecule has 0 spiro atoms. The maximum Gasteiger partial charge on any atom is 0.265 e. The molecule has 8 heteroatoms. The number of pyridine rings is 1. The van der Waals surface area contributed by atoms with Crippen molar-refractivity contribution in [2.75, 3.05) is 4.72 Å². The number of fused-ring (bicyclic) bond motifs is 1. The molecule has 0 saturated carbocycles. The normalized spacial score (nSPS) is 11.4. The zero-order chi connectivity index (χ0) is 23.7. The first-order valence-corrected chi connectivity index (χ1v) is 12.0. The van der Waals surface area contributed by atoms with Crippen LogP contribution in [-0.4, -0.2) is 24.3 Å². The number of aromatic amines is 1. The highest BCUT2D eigenvalue weighted by atomic mass is 32.2. The van der Waals surface area contributed by atoms with E-state index in [0.717, 1.165) is 16.7 Å². The predicted octanol–water partition coefficient (Wildman–Crippen LogP) is 4.80. The van der Waals surface area contributed by atoms with Gasteiger partial charge < -0.3 is 10.7 Å². The molecule has 3 aromatic carbocycles. The molecule has 0 unspecified atom stereocenters. The van der Waals surface area contributed by atoms with Crippen LogP contribution in [0.1, 0.15) is 10.5 Å². The van der Waals surface area contributed by atoms with Gasteiger partial charge in [0.2, 0.25) is 0 Å². The minimum Gasteiger partial charge on any atom is -0.364 e. The van der Waals surface area contributed by atoms with E-state index in [9.17, 15) is 13.2 Å². The first-order chi connectivity index (χ1) is 16.4. The van der Waals surface area contributed by atoms with E-state index in [1.165, 1.54) is 6.20 Å². The summed E-state index contributed by atoms with van der Waals surface area (Å²) in [5.41, 5.74) is 9.75. The fraction of sp³-hybridized carbons (Fsp3) is 0. The first kappa shape index (κ1) is 21.4. The van der Waals surface area contributed by atoms with Crippen molar-refractivity contribution in [2.45, 2.75) is 4.90 Å². The van der Waals surface area contributed by atoms with Crippen LogP contribution in [0, 0.1) is 0 Å². The van der Waals surface area contributed by atoms with Gasteiger partial charge in [0.15, 0.2) is 0 Å². The first-order valence-electron chi connectivity index (χ1n) is 10.5.